The number of nitrogens with zero attached hydrogens (tertiary/aromatic N) is 4. The number of phenols is 1. The molecular weight excluding hydrogens is 424 g/mol. The van der Waals surface area contributed by atoms with E-state index in [1.807, 2.05) is 0 Å². The highest BCUT2D eigenvalue weighted by Gasteiger charge is 2.25. The van der Waals surface area contributed by atoms with Gasteiger partial charge in [-0.25, -0.2) is 4.68 Å². The molecule has 0 spiro atoms. The molecule has 10 nitrogen and oxygen atoms in total. The summed E-state index contributed by atoms with van der Waals surface area (Å²) in [4.78, 5) is 29.3. The standard InChI is InChI=1S/C20H19ClN6O4/c21-15-4-5-17(27-11-22-25-26-27)14(9-15)8-12-2-1-3-13(19(12)29)10-18(28)23-20(30)16-6-7-31-24-16/h1-5,9,11,16,24,29H,6-8,10H2,(H,23,28,30)/t16-/m1/s1. The Bertz CT molecular complexity index is 1100. The van der Waals surface area contributed by atoms with Crippen LogP contribution in [0, 0.1) is 0 Å². The van der Waals surface area contributed by atoms with Gasteiger partial charge in [0.15, 0.2) is 0 Å². The fourth-order valence-electron chi connectivity index (χ4n) is 3.35. The van der Waals surface area contributed by atoms with Crippen LogP contribution in [-0.4, -0.2) is 49.8 Å². The predicted molar refractivity (Wildman–Crippen MR) is 109 cm³/mol. The molecular formula is C20H19ClN6O4. The van der Waals surface area contributed by atoms with Crippen molar-refractivity contribution in [2.75, 3.05) is 6.61 Å². The Kier molecular flexibility index (Phi) is 6.21. The topological polar surface area (TPSA) is 131 Å². The van der Waals surface area contributed by atoms with E-state index < -0.39 is 17.9 Å². The largest absolute Gasteiger partial charge is 0.507 e. The van der Waals surface area contributed by atoms with E-state index in [9.17, 15) is 14.7 Å². The van der Waals surface area contributed by atoms with Gasteiger partial charge < -0.3 is 9.94 Å². The second kappa shape index (κ2) is 9.21. The van der Waals surface area contributed by atoms with Crippen LogP contribution >= 0.6 is 11.6 Å². The van der Waals surface area contributed by atoms with Crippen LogP contribution in [0.15, 0.2) is 42.7 Å². The zero-order valence-corrected chi connectivity index (χ0v) is 17.0. The van der Waals surface area contributed by atoms with Crippen molar-refractivity contribution >= 4 is 23.4 Å². The second-order valence-electron chi connectivity index (χ2n) is 7.03. The number of nitrogens with one attached hydrogen (secondary N) is 2. The van der Waals surface area contributed by atoms with Crippen molar-refractivity contribution in [2.24, 2.45) is 0 Å². The lowest BCUT2D eigenvalue weighted by Crippen LogP contribution is -2.43. The minimum Gasteiger partial charge on any atom is -0.507 e. The number of aromatic nitrogens is 4. The molecule has 0 bridgehead atoms. The molecule has 1 aromatic heterocycles. The first-order valence-electron chi connectivity index (χ1n) is 9.54. The SMILES string of the molecule is O=C(Cc1cccc(Cc2cc(Cl)ccc2-n2cnnn2)c1O)NC(=O)[C@H]1CCON1. The van der Waals surface area contributed by atoms with E-state index >= 15 is 0 Å². The van der Waals surface area contributed by atoms with Crippen LogP contribution in [-0.2, 0) is 27.3 Å². The highest BCUT2D eigenvalue weighted by atomic mass is 35.5. The van der Waals surface area contributed by atoms with Crippen LogP contribution in [0.1, 0.15) is 23.1 Å². The van der Waals surface area contributed by atoms with E-state index in [2.05, 4.69) is 26.3 Å². The highest BCUT2D eigenvalue weighted by molar-refractivity contribution is 6.30. The molecule has 0 saturated carbocycles. The summed E-state index contributed by atoms with van der Waals surface area (Å²) in [6, 6.07) is 9.86. The Morgan fingerprint density at radius 3 is 2.84 bits per heavy atom. The van der Waals surface area contributed by atoms with Crippen LogP contribution in [0.3, 0.4) is 0 Å². The first-order chi connectivity index (χ1) is 15.0. The third-order valence-corrected chi connectivity index (χ3v) is 5.12. The number of carbonyl (C=O) groups excluding carboxylic acids is 2. The van der Waals surface area contributed by atoms with Crippen LogP contribution in [0.5, 0.6) is 5.75 Å². The molecule has 2 amide bonds. The van der Waals surface area contributed by atoms with Gasteiger partial charge in [0.1, 0.15) is 18.1 Å². The Labute approximate surface area is 182 Å². The van der Waals surface area contributed by atoms with Crippen molar-refractivity contribution in [1.29, 1.82) is 0 Å². The lowest BCUT2D eigenvalue weighted by atomic mass is 9.98. The van der Waals surface area contributed by atoms with Crippen molar-refractivity contribution in [3.63, 3.8) is 0 Å². The monoisotopic (exact) mass is 442 g/mol. The number of rotatable bonds is 6. The van der Waals surface area contributed by atoms with E-state index in [0.717, 1.165) is 5.56 Å². The number of hydrogen-bond donors (Lipinski definition) is 3. The van der Waals surface area contributed by atoms with Gasteiger partial charge in [0.25, 0.3) is 0 Å². The number of phenolic OH excluding ortho intramolecular Hbond substituents is 1. The van der Waals surface area contributed by atoms with E-state index in [1.54, 1.807) is 36.4 Å². The average Bonchev–Trinajstić information content (AvgIpc) is 3.45. The number of carbonyl (C=O) groups is 2. The molecule has 160 valence electrons. The molecule has 3 N–H and O–H groups in total. The van der Waals surface area contributed by atoms with Gasteiger partial charge >= 0.3 is 0 Å². The van der Waals surface area contributed by atoms with E-state index in [1.165, 1.54) is 11.0 Å². The maximum Gasteiger partial charge on any atom is 0.246 e. The zero-order chi connectivity index (χ0) is 21.8. The van der Waals surface area contributed by atoms with Crippen LogP contribution in [0.25, 0.3) is 5.69 Å². The molecule has 2 aromatic carbocycles. The lowest BCUT2D eigenvalue weighted by molar-refractivity contribution is -0.131. The molecule has 11 heteroatoms. The normalized spacial score (nSPS) is 15.7. The van der Waals surface area contributed by atoms with Gasteiger partial charge in [-0.05, 0) is 46.2 Å². The quantitative estimate of drug-likeness (QED) is 0.517. The molecule has 4 rings (SSSR count). The first-order valence-corrected chi connectivity index (χ1v) is 9.91. The van der Waals surface area contributed by atoms with E-state index in [0.29, 0.717) is 41.3 Å². The van der Waals surface area contributed by atoms with Gasteiger partial charge in [-0.2, -0.15) is 5.48 Å². The van der Waals surface area contributed by atoms with Gasteiger partial charge in [-0.15, -0.1) is 5.10 Å². The molecule has 0 unspecified atom stereocenters. The summed E-state index contributed by atoms with van der Waals surface area (Å²) in [5.74, 6) is -0.985. The van der Waals surface area contributed by atoms with Crippen LogP contribution in [0.4, 0.5) is 0 Å². The molecule has 31 heavy (non-hydrogen) atoms. The molecule has 2 heterocycles. The lowest BCUT2D eigenvalue weighted by Gasteiger charge is -2.13. The van der Waals surface area contributed by atoms with Crippen LogP contribution < -0.4 is 10.8 Å². The van der Waals surface area contributed by atoms with Gasteiger partial charge in [0.05, 0.1) is 18.7 Å². The minimum atomic E-state index is -0.559. The summed E-state index contributed by atoms with van der Waals surface area (Å²) in [6.45, 7) is 0.408. The smallest absolute Gasteiger partial charge is 0.246 e. The molecule has 1 atom stereocenters. The number of hydroxylamine groups is 1. The van der Waals surface area contributed by atoms with Gasteiger partial charge in [0, 0.05) is 17.0 Å². The Balaban J connectivity index is 1.51. The number of hydrogen-bond acceptors (Lipinski definition) is 8. The molecule has 1 aliphatic rings. The van der Waals surface area contributed by atoms with Crippen molar-refractivity contribution in [3.05, 3.63) is 64.4 Å². The summed E-state index contributed by atoms with van der Waals surface area (Å²) in [5, 5.41) is 24.8. The number of para-hydroxylation sites is 1. The fourth-order valence-corrected chi connectivity index (χ4v) is 3.54. The van der Waals surface area contributed by atoms with E-state index in [4.69, 9.17) is 16.4 Å². The summed E-state index contributed by atoms with van der Waals surface area (Å²) >= 11 is 6.16. The fraction of sp³-hybridized carbons (Fsp3) is 0.250. The zero-order valence-electron chi connectivity index (χ0n) is 16.3. The first kappa shape index (κ1) is 20.9. The Morgan fingerprint density at radius 1 is 1.26 bits per heavy atom. The second-order valence-corrected chi connectivity index (χ2v) is 7.46. The molecule has 0 aliphatic carbocycles. The third kappa shape index (κ3) is 4.88. The maximum absolute atomic E-state index is 12.3. The number of tetrazole rings is 1. The number of amides is 2. The molecule has 1 aliphatic heterocycles. The van der Waals surface area contributed by atoms with Crippen molar-refractivity contribution in [3.8, 4) is 11.4 Å². The predicted octanol–water partition coefficient (Wildman–Crippen LogP) is 1.09. The van der Waals surface area contributed by atoms with E-state index in [-0.39, 0.29) is 12.2 Å². The van der Waals surface area contributed by atoms with Crippen molar-refractivity contribution < 1.29 is 19.5 Å². The van der Waals surface area contributed by atoms with Crippen molar-refractivity contribution in [2.45, 2.75) is 25.3 Å². The average molecular weight is 443 g/mol. The van der Waals surface area contributed by atoms with Gasteiger partial charge in [-0.1, -0.05) is 29.8 Å². The minimum absolute atomic E-state index is 0.0185. The molecule has 1 saturated heterocycles. The molecule has 0 radical (unpaired) electrons. The van der Waals surface area contributed by atoms with Gasteiger partial charge in [-0.3, -0.25) is 14.9 Å². The molecule has 1 fully saturated rings. The Morgan fingerprint density at radius 2 is 2.10 bits per heavy atom. The summed E-state index contributed by atoms with van der Waals surface area (Å²) in [5.41, 5.74) is 5.06. The van der Waals surface area contributed by atoms with Gasteiger partial charge in [0.2, 0.25) is 11.8 Å². The summed E-state index contributed by atoms with van der Waals surface area (Å²) < 4.78 is 1.51. The number of imide groups is 1. The maximum atomic E-state index is 12.3. The summed E-state index contributed by atoms with van der Waals surface area (Å²) in [6.07, 6.45) is 2.14. The number of aromatic hydroxyl groups is 1. The van der Waals surface area contributed by atoms with Crippen molar-refractivity contribution in [1.82, 2.24) is 31.0 Å². The summed E-state index contributed by atoms with van der Waals surface area (Å²) in [7, 11) is 0. The highest BCUT2D eigenvalue weighted by Crippen LogP contribution is 2.28. The van der Waals surface area contributed by atoms with Crippen LogP contribution in [0.2, 0.25) is 5.02 Å². The number of benzene rings is 2. The Hall–Kier alpha value is -3.34. The molecule has 3 aromatic rings. The third-order valence-electron chi connectivity index (χ3n) is 4.89. The number of halogens is 1.